The second-order valence-electron chi connectivity index (χ2n) is 6.72. The molecule has 140 valence electrons. The van der Waals surface area contributed by atoms with Gasteiger partial charge in [0.15, 0.2) is 0 Å². The summed E-state index contributed by atoms with van der Waals surface area (Å²) in [7, 11) is 0. The molecule has 0 atom stereocenters. The lowest BCUT2D eigenvalue weighted by Crippen LogP contribution is -2.47. The highest BCUT2D eigenvalue weighted by Gasteiger charge is 2.21. The molecule has 0 bridgehead atoms. The van der Waals surface area contributed by atoms with Crippen LogP contribution in [0.3, 0.4) is 0 Å². The number of pyridine rings is 1. The standard InChI is InChI=1S/C19H23N7O/c1-15-22-18(13-19(23-15)26-8-10-27-11-9-26)25-6-4-24(5-7-25)17-2-3-21-16(12-17)14-20/h2-3,12-13H,4-11H2,1H3. The van der Waals surface area contributed by atoms with Crippen molar-refractivity contribution in [1.29, 1.82) is 5.26 Å². The highest BCUT2D eigenvalue weighted by molar-refractivity contribution is 5.54. The van der Waals surface area contributed by atoms with E-state index < -0.39 is 0 Å². The summed E-state index contributed by atoms with van der Waals surface area (Å²) in [6.07, 6.45) is 1.70. The van der Waals surface area contributed by atoms with Crippen LogP contribution in [0.2, 0.25) is 0 Å². The van der Waals surface area contributed by atoms with Gasteiger partial charge in [0.05, 0.1) is 13.2 Å². The van der Waals surface area contributed by atoms with Gasteiger partial charge in [-0.3, -0.25) is 0 Å². The highest BCUT2D eigenvalue weighted by atomic mass is 16.5. The molecule has 0 aromatic carbocycles. The van der Waals surface area contributed by atoms with E-state index in [9.17, 15) is 0 Å². The molecule has 4 rings (SSSR count). The SMILES string of the molecule is Cc1nc(N2CCOCC2)cc(N2CCN(c3ccnc(C#N)c3)CC2)n1. The fraction of sp³-hybridized carbons (Fsp3) is 0.474. The number of rotatable bonds is 3. The third-order valence-corrected chi connectivity index (χ3v) is 4.97. The second-order valence-corrected chi connectivity index (χ2v) is 6.72. The van der Waals surface area contributed by atoms with E-state index in [2.05, 4.69) is 41.8 Å². The number of nitriles is 1. The van der Waals surface area contributed by atoms with Gasteiger partial charge in [0.1, 0.15) is 29.2 Å². The molecule has 2 saturated heterocycles. The molecule has 2 aliphatic heterocycles. The number of piperazine rings is 1. The molecule has 2 fully saturated rings. The average Bonchev–Trinajstić information content (AvgIpc) is 2.74. The Morgan fingerprint density at radius 1 is 0.926 bits per heavy atom. The van der Waals surface area contributed by atoms with Crippen LogP contribution >= 0.6 is 0 Å². The van der Waals surface area contributed by atoms with Crippen molar-refractivity contribution in [3.05, 3.63) is 35.9 Å². The molecular formula is C19H23N7O. The summed E-state index contributed by atoms with van der Waals surface area (Å²) in [5.41, 5.74) is 1.51. The van der Waals surface area contributed by atoms with Gasteiger partial charge < -0.3 is 19.4 Å². The molecule has 0 saturated carbocycles. The Morgan fingerprint density at radius 2 is 1.56 bits per heavy atom. The van der Waals surface area contributed by atoms with Crippen LogP contribution in [-0.4, -0.2) is 67.4 Å². The first-order valence-electron chi connectivity index (χ1n) is 9.27. The zero-order valence-electron chi connectivity index (χ0n) is 15.5. The van der Waals surface area contributed by atoms with Crippen molar-refractivity contribution in [3.8, 4) is 6.07 Å². The molecule has 0 radical (unpaired) electrons. The predicted octanol–water partition coefficient (Wildman–Crippen LogP) is 1.21. The van der Waals surface area contributed by atoms with E-state index in [0.717, 1.165) is 75.6 Å². The number of hydrogen-bond donors (Lipinski definition) is 0. The van der Waals surface area contributed by atoms with Crippen molar-refractivity contribution in [2.24, 2.45) is 0 Å². The lowest BCUT2D eigenvalue weighted by Gasteiger charge is -2.37. The van der Waals surface area contributed by atoms with E-state index in [1.807, 2.05) is 19.1 Å². The number of aryl methyl sites for hydroxylation is 1. The van der Waals surface area contributed by atoms with Crippen LogP contribution in [0.15, 0.2) is 24.4 Å². The molecule has 0 unspecified atom stereocenters. The number of morpholine rings is 1. The van der Waals surface area contributed by atoms with Gasteiger partial charge in [-0.05, 0) is 19.1 Å². The van der Waals surface area contributed by atoms with E-state index in [4.69, 9.17) is 10.00 Å². The van der Waals surface area contributed by atoms with E-state index in [1.54, 1.807) is 6.20 Å². The van der Waals surface area contributed by atoms with Gasteiger partial charge >= 0.3 is 0 Å². The van der Waals surface area contributed by atoms with Gasteiger partial charge in [-0.25, -0.2) is 15.0 Å². The summed E-state index contributed by atoms with van der Waals surface area (Å²) >= 11 is 0. The fourth-order valence-corrected chi connectivity index (χ4v) is 3.52. The lowest BCUT2D eigenvalue weighted by molar-refractivity contribution is 0.122. The number of ether oxygens (including phenoxy) is 1. The molecule has 2 aromatic rings. The Kier molecular flexibility index (Phi) is 5.03. The van der Waals surface area contributed by atoms with E-state index in [-0.39, 0.29) is 0 Å². The molecule has 4 heterocycles. The smallest absolute Gasteiger partial charge is 0.142 e. The largest absolute Gasteiger partial charge is 0.378 e. The first-order chi connectivity index (χ1) is 13.2. The minimum Gasteiger partial charge on any atom is -0.378 e. The maximum atomic E-state index is 9.05. The van der Waals surface area contributed by atoms with Crippen LogP contribution in [0.4, 0.5) is 17.3 Å². The molecule has 2 aliphatic rings. The van der Waals surface area contributed by atoms with Crippen LogP contribution in [-0.2, 0) is 4.74 Å². The van der Waals surface area contributed by atoms with Gasteiger partial charge in [0.2, 0.25) is 0 Å². The topological polar surface area (TPSA) is 81.4 Å². The number of nitrogens with zero attached hydrogens (tertiary/aromatic N) is 7. The van der Waals surface area contributed by atoms with Gasteiger partial charge in [-0.15, -0.1) is 0 Å². The monoisotopic (exact) mass is 365 g/mol. The average molecular weight is 365 g/mol. The normalized spacial score (nSPS) is 17.7. The van der Waals surface area contributed by atoms with E-state index in [0.29, 0.717) is 5.69 Å². The molecule has 0 spiro atoms. The third-order valence-electron chi connectivity index (χ3n) is 4.97. The Morgan fingerprint density at radius 3 is 2.22 bits per heavy atom. The van der Waals surface area contributed by atoms with Crippen LogP contribution in [0, 0.1) is 18.3 Å². The summed E-state index contributed by atoms with van der Waals surface area (Å²) in [4.78, 5) is 20.2. The van der Waals surface area contributed by atoms with Gasteiger partial charge in [-0.2, -0.15) is 5.26 Å². The molecule has 0 aliphatic carbocycles. The zero-order valence-corrected chi connectivity index (χ0v) is 15.5. The molecule has 27 heavy (non-hydrogen) atoms. The van der Waals surface area contributed by atoms with Crippen LogP contribution in [0.1, 0.15) is 11.5 Å². The van der Waals surface area contributed by atoms with Crippen molar-refractivity contribution in [2.45, 2.75) is 6.92 Å². The molecule has 8 heteroatoms. The fourth-order valence-electron chi connectivity index (χ4n) is 3.52. The molecule has 0 amide bonds. The van der Waals surface area contributed by atoms with Crippen molar-refractivity contribution in [3.63, 3.8) is 0 Å². The van der Waals surface area contributed by atoms with Crippen LogP contribution < -0.4 is 14.7 Å². The maximum Gasteiger partial charge on any atom is 0.142 e. The van der Waals surface area contributed by atoms with Crippen LogP contribution in [0.25, 0.3) is 0 Å². The Balaban J connectivity index is 1.46. The molecule has 2 aromatic heterocycles. The van der Waals surface area contributed by atoms with Gasteiger partial charge in [-0.1, -0.05) is 0 Å². The summed E-state index contributed by atoms with van der Waals surface area (Å²) < 4.78 is 5.44. The summed E-state index contributed by atoms with van der Waals surface area (Å²) in [5, 5.41) is 9.05. The van der Waals surface area contributed by atoms with Crippen molar-refractivity contribution >= 4 is 17.3 Å². The molecular weight excluding hydrogens is 342 g/mol. The quantitative estimate of drug-likeness (QED) is 0.803. The number of aromatic nitrogens is 3. The minimum atomic E-state index is 0.455. The third kappa shape index (κ3) is 3.93. The van der Waals surface area contributed by atoms with Gasteiger partial charge in [0.25, 0.3) is 0 Å². The molecule has 0 N–H and O–H groups in total. The highest BCUT2D eigenvalue weighted by Crippen LogP contribution is 2.23. The maximum absolute atomic E-state index is 9.05. The Hall–Kier alpha value is -2.92. The second kappa shape index (κ2) is 7.76. The van der Waals surface area contributed by atoms with Crippen LogP contribution in [0.5, 0.6) is 0 Å². The Bertz CT molecular complexity index is 836. The first kappa shape index (κ1) is 17.5. The first-order valence-corrected chi connectivity index (χ1v) is 9.27. The van der Waals surface area contributed by atoms with Gasteiger partial charge in [0, 0.05) is 57.2 Å². The summed E-state index contributed by atoms with van der Waals surface area (Å²) in [5.74, 6) is 2.76. The van der Waals surface area contributed by atoms with E-state index >= 15 is 0 Å². The van der Waals surface area contributed by atoms with Crippen molar-refractivity contribution in [2.75, 3.05) is 67.2 Å². The predicted molar refractivity (Wildman–Crippen MR) is 103 cm³/mol. The summed E-state index contributed by atoms with van der Waals surface area (Å²) in [6.45, 7) is 8.69. The minimum absolute atomic E-state index is 0.455. The van der Waals surface area contributed by atoms with Crippen molar-refractivity contribution in [1.82, 2.24) is 15.0 Å². The van der Waals surface area contributed by atoms with Crippen molar-refractivity contribution < 1.29 is 4.74 Å². The number of anilines is 3. The Labute approximate surface area is 159 Å². The summed E-state index contributed by atoms with van der Waals surface area (Å²) in [6, 6.07) is 8.01. The number of hydrogen-bond acceptors (Lipinski definition) is 8. The van der Waals surface area contributed by atoms with E-state index in [1.165, 1.54) is 0 Å². The lowest BCUT2D eigenvalue weighted by atomic mass is 10.2. The zero-order chi connectivity index (χ0) is 18.6. The molecule has 8 nitrogen and oxygen atoms in total.